The third-order valence-corrected chi connectivity index (χ3v) is 5.03. The van der Waals surface area contributed by atoms with E-state index in [1.807, 2.05) is 30.3 Å². The normalized spacial score (nSPS) is 17.9. The van der Waals surface area contributed by atoms with Crippen molar-refractivity contribution in [1.29, 1.82) is 0 Å². The maximum absolute atomic E-state index is 4.16. The molecule has 1 aromatic carbocycles. The van der Waals surface area contributed by atoms with E-state index in [2.05, 4.69) is 39.8 Å². The molecule has 0 amide bonds. The molecule has 0 spiro atoms. The average Bonchev–Trinajstić information content (AvgIpc) is 2.90. The van der Waals surface area contributed by atoms with Gasteiger partial charge in [0.2, 0.25) is 5.95 Å². The van der Waals surface area contributed by atoms with Gasteiger partial charge in [0, 0.05) is 12.1 Å². The molecule has 0 atom stereocenters. The van der Waals surface area contributed by atoms with E-state index in [0.29, 0.717) is 5.95 Å². The van der Waals surface area contributed by atoms with Gasteiger partial charge in [-0.05, 0) is 49.5 Å². The standard InChI is InChI=1S/C17H26N6/c1-22(2)17(12-8-3-4-9-13-17)14-18-16-19-20-21-23(16)15-10-6-5-7-11-15/h5-7,10-11H,3-4,8-9,12-14H2,1-2H3,(H,18,19,21). The number of nitrogens with zero attached hydrogens (tertiary/aromatic N) is 5. The molecular weight excluding hydrogens is 288 g/mol. The second kappa shape index (κ2) is 7.08. The van der Waals surface area contributed by atoms with E-state index in [1.54, 1.807) is 4.68 Å². The van der Waals surface area contributed by atoms with Crippen LogP contribution in [0, 0.1) is 0 Å². The Kier molecular flexibility index (Phi) is 4.91. The second-order valence-corrected chi connectivity index (χ2v) is 6.64. The van der Waals surface area contributed by atoms with Crippen LogP contribution < -0.4 is 5.32 Å². The lowest BCUT2D eigenvalue weighted by Crippen LogP contribution is -2.49. The molecule has 6 nitrogen and oxygen atoms in total. The van der Waals surface area contributed by atoms with Crippen molar-refractivity contribution in [1.82, 2.24) is 25.1 Å². The molecule has 1 N–H and O–H groups in total. The summed E-state index contributed by atoms with van der Waals surface area (Å²) < 4.78 is 1.76. The predicted octanol–water partition coefficient (Wildman–Crippen LogP) is 2.73. The molecule has 23 heavy (non-hydrogen) atoms. The number of likely N-dealkylation sites (N-methyl/N-ethyl adjacent to an activating group) is 1. The first kappa shape index (κ1) is 15.9. The number of hydrogen-bond acceptors (Lipinski definition) is 5. The van der Waals surface area contributed by atoms with E-state index < -0.39 is 0 Å². The number of rotatable bonds is 5. The number of tetrazole rings is 1. The van der Waals surface area contributed by atoms with Gasteiger partial charge < -0.3 is 10.2 Å². The van der Waals surface area contributed by atoms with E-state index in [9.17, 15) is 0 Å². The van der Waals surface area contributed by atoms with Crippen LogP contribution in [0.2, 0.25) is 0 Å². The monoisotopic (exact) mass is 314 g/mol. The van der Waals surface area contributed by atoms with Gasteiger partial charge in [-0.25, -0.2) is 0 Å². The van der Waals surface area contributed by atoms with Crippen molar-refractivity contribution in [3.63, 3.8) is 0 Å². The van der Waals surface area contributed by atoms with Crippen LogP contribution in [0.15, 0.2) is 30.3 Å². The van der Waals surface area contributed by atoms with E-state index in [-0.39, 0.29) is 5.54 Å². The Balaban J connectivity index is 1.76. The molecule has 1 fully saturated rings. The average molecular weight is 314 g/mol. The minimum Gasteiger partial charge on any atom is -0.351 e. The first-order valence-corrected chi connectivity index (χ1v) is 8.46. The minimum absolute atomic E-state index is 0.184. The minimum atomic E-state index is 0.184. The lowest BCUT2D eigenvalue weighted by Gasteiger charge is -2.39. The van der Waals surface area contributed by atoms with Gasteiger partial charge in [-0.2, -0.15) is 4.68 Å². The molecular formula is C17H26N6. The van der Waals surface area contributed by atoms with E-state index in [1.165, 1.54) is 38.5 Å². The summed E-state index contributed by atoms with van der Waals surface area (Å²) in [5.74, 6) is 0.710. The van der Waals surface area contributed by atoms with Crippen LogP contribution in [0.25, 0.3) is 5.69 Å². The van der Waals surface area contributed by atoms with Gasteiger partial charge in [0.05, 0.1) is 5.69 Å². The van der Waals surface area contributed by atoms with Gasteiger partial charge >= 0.3 is 0 Å². The molecule has 2 aromatic rings. The van der Waals surface area contributed by atoms with Crippen molar-refractivity contribution in [2.75, 3.05) is 26.0 Å². The molecule has 0 radical (unpaired) electrons. The third-order valence-electron chi connectivity index (χ3n) is 5.03. The van der Waals surface area contributed by atoms with Gasteiger partial charge in [-0.3, -0.25) is 0 Å². The molecule has 124 valence electrons. The molecule has 0 saturated heterocycles. The van der Waals surface area contributed by atoms with Gasteiger partial charge in [-0.1, -0.05) is 49.0 Å². The Labute approximate surface area is 137 Å². The quantitative estimate of drug-likeness (QED) is 0.860. The molecule has 0 bridgehead atoms. The zero-order chi connectivity index (χ0) is 16.1. The van der Waals surface area contributed by atoms with Crippen LogP contribution in [0.5, 0.6) is 0 Å². The highest BCUT2D eigenvalue weighted by Crippen LogP contribution is 2.31. The molecule has 0 unspecified atom stereocenters. The Bertz CT molecular complexity index is 599. The van der Waals surface area contributed by atoms with Crippen molar-refractivity contribution < 1.29 is 0 Å². The molecule has 6 heteroatoms. The van der Waals surface area contributed by atoms with Crippen molar-refractivity contribution in [3.05, 3.63) is 30.3 Å². The molecule has 0 aliphatic heterocycles. The van der Waals surface area contributed by atoms with Gasteiger partial charge in [0.1, 0.15) is 0 Å². The fraction of sp³-hybridized carbons (Fsp3) is 0.588. The number of nitrogens with one attached hydrogen (secondary N) is 1. The van der Waals surface area contributed by atoms with Gasteiger partial charge in [0.15, 0.2) is 0 Å². The molecule has 1 aliphatic carbocycles. The largest absolute Gasteiger partial charge is 0.351 e. The molecule has 3 rings (SSSR count). The van der Waals surface area contributed by atoms with Gasteiger partial charge in [0.25, 0.3) is 0 Å². The van der Waals surface area contributed by atoms with Crippen LogP contribution in [0.4, 0.5) is 5.95 Å². The second-order valence-electron chi connectivity index (χ2n) is 6.64. The molecule has 1 aromatic heterocycles. The maximum Gasteiger partial charge on any atom is 0.247 e. The Morgan fingerprint density at radius 2 is 1.78 bits per heavy atom. The summed E-state index contributed by atoms with van der Waals surface area (Å²) >= 11 is 0. The third kappa shape index (κ3) is 3.52. The summed E-state index contributed by atoms with van der Waals surface area (Å²) in [5.41, 5.74) is 1.16. The van der Waals surface area contributed by atoms with Gasteiger partial charge in [-0.15, -0.1) is 0 Å². The summed E-state index contributed by atoms with van der Waals surface area (Å²) in [6, 6.07) is 10.00. The topological polar surface area (TPSA) is 58.9 Å². The number of benzene rings is 1. The summed E-state index contributed by atoms with van der Waals surface area (Å²) in [7, 11) is 4.38. The molecule has 1 heterocycles. The van der Waals surface area contributed by atoms with Crippen molar-refractivity contribution in [3.8, 4) is 5.69 Å². The van der Waals surface area contributed by atoms with Crippen LogP contribution in [0.1, 0.15) is 38.5 Å². The van der Waals surface area contributed by atoms with Crippen molar-refractivity contribution >= 4 is 5.95 Å². The summed E-state index contributed by atoms with van der Waals surface area (Å²) in [5, 5.41) is 15.6. The predicted molar refractivity (Wildman–Crippen MR) is 91.8 cm³/mol. The number of aromatic nitrogens is 4. The van der Waals surface area contributed by atoms with Crippen molar-refractivity contribution in [2.24, 2.45) is 0 Å². The Morgan fingerprint density at radius 1 is 1.09 bits per heavy atom. The molecule has 1 saturated carbocycles. The maximum atomic E-state index is 4.16. The zero-order valence-electron chi connectivity index (χ0n) is 14.1. The lowest BCUT2D eigenvalue weighted by molar-refractivity contribution is 0.143. The highest BCUT2D eigenvalue weighted by atomic mass is 15.6. The lowest BCUT2D eigenvalue weighted by atomic mass is 9.89. The highest BCUT2D eigenvalue weighted by Gasteiger charge is 2.33. The van der Waals surface area contributed by atoms with E-state index in [0.717, 1.165) is 12.2 Å². The number of anilines is 1. The fourth-order valence-electron chi connectivity index (χ4n) is 3.45. The summed E-state index contributed by atoms with van der Waals surface area (Å²) in [6.45, 7) is 0.868. The first-order valence-electron chi connectivity index (χ1n) is 8.46. The first-order chi connectivity index (χ1) is 11.2. The fourth-order valence-corrected chi connectivity index (χ4v) is 3.45. The molecule has 1 aliphatic rings. The Morgan fingerprint density at radius 3 is 2.43 bits per heavy atom. The van der Waals surface area contributed by atoms with Crippen LogP contribution in [0.3, 0.4) is 0 Å². The smallest absolute Gasteiger partial charge is 0.247 e. The highest BCUT2D eigenvalue weighted by molar-refractivity contribution is 5.38. The van der Waals surface area contributed by atoms with E-state index >= 15 is 0 Å². The zero-order valence-corrected chi connectivity index (χ0v) is 14.1. The number of para-hydroxylation sites is 1. The van der Waals surface area contributed by atoms with Crippen LogP contribution in [-0.4, -0.2) is 51.3 Å². The number of hydrogen-bond donors (Lipinski definition) is 1. The van der Waals surface area contributed by atoms with Crippen LogP contribution in [-0.2, 0) is 0 Å². The summed E-state index contributed by atoms with van der Waals surface area (Å²) in [4.78, 5) is 2.38. The van der Waals surface area contributed by atoms with Crippen LogP contribution >= 0.6 is 0 Å². The summed E-state index contributed by atoms with van der Waals surface area (Å²) in [6.07, 6.45) is 7.72. The SMILES string of the molecule is CN(C)C1(CNc2nnnn2-c2ccccc2)CCCCCC1. The van der Waals surface area contributed by atoms with E-state index in [4.69, 9.17) is 0 Å². The Hall–Kier alpha value is -1.95. The van der Waals surface area contributed by atoms with Crippen molar-refractivity contribution in [2.45, 2.75) is 44.1 Å².